The van der Waals surface area contributed by atoms with Gasteiger partial charge in [0, 0.05) is 30.9 Å². The summed E-state index contributed by atoms with van der Waals surface area (Å²) in [5.74, 6) is 0.687. The molecule has 0 saturated carbocycles. The maximum absolute atomic E-state index is 12.8. The number of rotatable bonds is 4. The van der Waals surface area contributed by atoms with Gasteiger partial charge in [-0.05, 0) is 30.3 Å². The fraction of sp³-hybridized carbons (Fsp3) is 0.278. The smallest absolute Gasteiger partial charge is 0.324 e. The molecular formula is C18H20Cl3N5O2S. The molecule has 2 N–H and O–H groups in total. The number of thiazole rings is 1. The number of aromatic nitrogens is 2. The molecule has 4 rings (SSSR count). The third-order valence-corrected chi connectivity index (χ3v) is 5.42. The van der Waals surface area contributed by atoms with Crippen molar-refractivity contribution in [2.24, 2.45) is 0 Å². The van der Waals surface area contributed by atoms with E-state index in [4.69, 9.17) is 16.3 Å². The molecule has 1 aliphatic rings. The Kier molecular flexibility index (Phi) is 8.73. The molecule has 11 heteroatoms. The first-order valence-electron chi connectivity index (χ1n) is 8.56. The second-order valence-corrected chi connectivity index (χ2v) is 7.58. The number of anilines is 1. The van der Waals surface area contributed by atoms with Crippen molar-refractivity contribution in [3.8, 4) is 5.75 Å². The summed E-state index contributed by atoms with van der Waals surface area (Å²) in [7, 11) is 0. The van der Waals surface area contributed by atoms with Crippen molar-refractivity contribution in [2.45, 2.75) is 6.04 Å². The fourth-order valence-electron chi connectivity index (χ4n) is 2.92. The van der Waals surface area contributed by atoms with E-state index in [0.717, 1.165) is 16.8 Å². The molecular weight excluding hydrogens is 457 g/mol. The fourth-order valence-corrected chi connectivity index (χ4v) is 4.05. The van der Waals surface area contributed by atoms with Gasteiger partial charge >= 0.3 is 6.03 Å². The molecule has 0 bridgehead atoms. The topological polar surface area (TPSA) is 79.4 Å². The van der Waals surface area contributed by atoms with Crippen molar-refractivity contribution in [3.05, 3.63) is 47.7 Å². The van der Waals surface area contributed by atoms with E-state index < -0.39 is 0 Å². The van der Waals surface area contributed by atoms with E-state index >= 15 is 0 Å². The minimum absolute atomic E-state index is 0. The highest BCUT2D eigenvalue weighted by molar-refractivity contribution is 7.22. The van der Waals surface area contributed by atoms with Crippen LogP contribution >= 0.6 is 47.8 Å². The number of hydrogen-bond acceptors (Lipinski definition) is 6. The number of pyridine rings is 1. The number of urea groups is 1. The molecule has 1 atom stereocenters. The van der Waals surface area contributed by atoms with Crippen LogP contribution in [0.15, 0.2) is 42.7 Å². The number of nitrogens with one attached hydrogen (secondary N) is 2. The number of ether oxygens (including phenoxy) is 1. The lowest BCUT2D eigenvalue weighted by atomic mass is 10.2. The summed E-state index contributed by atoms with van der Waals surface area (Å²) in [6.45, 7) is 2.40. The molecule has 2 aromatic heterocycles. The number of piperazine rings is 1. The molecule has 2 amide bonds. The molecule has 156 valence electrons. The minimum Gasteiger partial charge on any atom is -0.490 e. The Morgan fingerprint density at radius 2 is 2.24 bits per heavy atom. The van der Waals surface area contributed by atoms with Crippen LogP contribution in [0.5, 0.6) is 5.75 Å². The van der Waals surface area contributed by atoms with Crippen LogP contribution in [0.1, 0.15) is 0 Å². The van der Waals surface area contributed by atoms with Gasteiger partial charge in [0.05, 0.1) is 22.5 Å². The van der Waals surface area contributed by atoms with Crippen molar-refractivity contribution < 1.29 is 9.53 Å². The molecule has 1 aliphatic heterocycles. The van der Waals surface area contributed by atoms with Crippen LogP contribution in [0.4, 0.5) is 9.93 Å². The molecule has 0 radical (unpaired) electrons. The summed E-state index contributed by atoms with van der Waals surface area (Å²) in [6, 6.07) is 8.89. The molecule has 1 saturated heterocycles. The Hall–Kier alpha value is -1.84. The number of halogens is 3. The lowest BCUT2D eigenvalue weighted by Crippen LogP contribution is -2.57. The van der Waals surface area contributed by atoms with Crippen molar-refractivity contribution >= 4 is 69.1 Å². The number of fused-ring (bicyclic) bond motifs is 1. The predicted molar refractivity (Wildman–Crippen MR) is 121 cm³/mol. The summed E-state index contributed by atoms with van der Waals surface area (Å²) >= 11 is 7.42. The zero-order chi connectivity index (χ0) is 18.6. The maximum atomic E-state index is 12.8. The van der Waals surface area contributed by atoms with E-state index in [-0.39, 0.29) is 36.9 Å². The van der Waals surface area contributed by atoms with Gasteiger partial charge in [-0.3, -0.25) is 10.3 Å². The summed E-state index contributed by atoms with van der Waals surface area (Å²) in [4.78, 5) is 23.1. The van der Waals surface area contributed by atoms with E-state index in [0.29, 0.717) is 35.6 Å². The largest absolute Gasteiger partial charge is 0.490 e. The van der Waals surface area contributed by atoms with E-state index in [1.807, 2.05) is 24.3 Å². The molecule has 7 nitrogen and oxygen atoms in total. The van der Waals surface area contributed by atoms with Gasteiger partial charge in [-0.15, -0.1) is 24.8 Å². The zero-order valence-electron chi connectivity index (χ0n) is 15.2. The van der Waals surface area contributed by atoms with Crippen LogP contribution in [0.25, 0.3) is 10.2 Å². The lowest BCUT2D eigenvalue weighted by molar-refractivity contribution is 0.133. The minimum atomic E-state index is -0.179. The van der Waals surface area contributed by atoms with Gasteiger partial charge in [-0.2, -0.15) is 0 Å². The summed E-state index contributed by atoms with van der Waals surface area (Å²) in [5.41, 5.74) is 0.816. The van der Waals surface area contributed by atoms with Gasteiger partial charge in [-0.1, -0.05) is 22.9 Å². The Bertz CT molecular complexity index is 944. The highest BCUT2D eigenvalue weighted by Gasteiger charge is 2.27. The van der Waals surface area contributed by atoms with Gasteiger partial charge in [0.25, 0.3) is 0 Å². The summed E-state index contributed by atoms with van der Waals surface area (Å²) < 4.78 is 6.72. The average Bonchev–Trinajstić information content (AvgIpc) is 3.08. The average molecular weight is 477 g/mol. The Morgan fingerprint density at radius 3 is 3.03 bits per heavy atom. The first kappa shape index (κ1) is 23.4. The van der Waals surface area contributed by atoms with Crippen LogP contribution in [-0.2, 0) is 0 Å². The molecule has 3 heterocycles. The van der Waals surface area contributed by atoms with Crippen LogP contribution in [-0.4, -0.2) is 53.2 Å². The SMILES string of the molecule is Cl.Cl.O=C(Nc1nc2ccc(Cl)cc2s1)N1CCNCC1COc1cccnc1. The van der Waals surface area contributed by atoms with Crippen molar-refractivity contribution in [3.63, 3.8) is 0 Å². The van der Waals surface area contributed by atoms with Crippen molar-refractivity contribution in [2.75, 3.05) is 31.6 Å². The monoisotopic (exact) mass is 475 g/mol. The third-order valence-electron chi connectivity index (χ3n) is 4.25. The van der Waals surface area contributed by atoms with Gasteiger partial charge in [0.1, 0.15) is 12.4 Å². The van der Waals surface area contributed by atoms with Crippen LogP contribution in [0, 0.1) is 0 Å². The van der Waals surface area contributed by atoms with Gasteiger partial charge in [0.15, 0.2) is 5.13 Å². The van der Waals surface area contributed by atoms with Gasteiger partial charge in [0.2, 0.25) is 0 Å². The highest BCUT2D eigenvalue weighted by atomic mass is 35.5. The predicted octanol–water partition coefficient (Wildman–Crippen LogP) is 4.07. The number of nitrogens with zero attached hydrogens (tertiary/aromatic N) is 3. The maximum Gasteiger partial charge on any atom is 0.324 e. The molecule has 29 heavy (non-hydrogen) atoms. The first-order valence-corrected chi connectivity index (χ1v) is 9.76. The van der Waals surface area contributed by atoms with Gasteiger partial charge < -0.3 is 15.0 Å². The zero-order valence-corrected chi connectivity index (χ0v) is 18.4. The van der Waals surface area contributed by atoms with Crippen LogP contribution in [0.2, 0.25) is 5.02 Å². The van der Waals surface area contributed by atoms with E-state index in [2.05, 4.69) is 20.6 Å². The number of benzene rings is 1. The van der Waals surface area contributed by atoms with Crippen molar-refractivity contribution in [1.29, 1.82) is 0 Å². The van der Waals surface area contributed by atoms with Crippen molar-refractivity contribution in [1.82, 2.24) is 20.2 Å². The standard InChI is InChI=1S/C18H18ClN5O2S.2ClH/c19-12-3-4-15-16(8-12)27-17(22-15)23-18(25)24-7-6-21-9-13(24)11-26-14-2-1-5-20-10-14;;/h1-5,8,10,13,21H,6-7,9,11H2,(H,22,23,25);2*1H. The normalized spacial score (nSPS) is 15.9. The van der Waals surface area contributed by atoms with E-state index in [9.17, 15) is 4.79 Å². The second-order valence-electron chi connectivity index (χ2n) is 6.11. The lowest BCUT2D eigenvalue weighted by Gasteiger charge is -2.35. The Labute approximate surface area is 189 Å². The van der Waals surface area contributed by atoms with Crippen LogP contribution < -0.4 is 15.4 Å². The highest BCUT2D eigenvalue weighted by Crippen LogP contribution is 2.28. The number of amides is 2. The molecule has 0 spiro atoms. The molecule has 3 aromatic rings. The van der Waals surface area contributed by atoms with E-state index in [1.165, 1.54) is 11.3 Å². The number of hydrogen-bond donors (Lipinski definition) is 2. The van der Waals surface area contributed by atoms with Gasteiger partial charge in [-0.25, -0.2) is 9.78 Å². The molecule has 1 aromatic carbocycles. The quantitative estimate of drug-likeness (QED) is 0.593. The molecule has 0 aliphatic carbocycles. The summed E-state index contributed by atoms with van der Waals surface area (Å²) in [6.07, 6.45) is 3.35. The Balaban J connectivity index is 0.00000150. The number of carbonyl (C=O) groups is 1. The summed E-state index contributed by atoms with van der Waals surface area (Å²) in [5, 5.41) is 7.42. The first-order chi connectivity index (χ1) is 13.2. The number of carbonyl (C=O) groups excluding carboxylic acids is 1. The second kappa shape index (κ2) is 10.8. The van der Waals surface area contributed by atoms with E-state index in [1.54, 1.807) is 23.4 Å². The third kappa shape index (κ3) is 5.83. The molecule has 1 fully saturated rings. The van der Waals surface area contributed by atoms with Crippen LogP contribution in [0.3, 0.4) is 0 Å². The molecule has 1 unspecified atom stereocenters. The Morgan fingerprint density at radius 1 is 1.38 bits per heavy atom.